The van der Waals surface area contributed by atoms with E-state index in [0.717, 1.165) is 18.4 Å². The molecule has 1 amide bonds. The van der Waals surface area contributed by atoms with Gasteiger partial charge in [-0.3, -0.25) is 9.52 Å². The zero-order valence-corrected chi connectivity index (χ0v) is 17.4. The second-order valence-corrected chi connectivity index (χ2v) is 8.98. The highest BCUT2D eigenvalue weighted by atomic mass is 32.2. The van der Waals surface area contributed by atoms with Crippen LogP contribution in [-0.4, -0.2) is 39.4 Å². The smallest absolute Gasteiger partial charge is 0.265 e. The summed E-state index contributed by atoms with van der Waals surface area (Å²) in [6.45, 7) is 3.95. The summed E-state index contributed by atoms with van der Waals surface area (Å²) in [5, 5.41) is 0. The Balaban J connectivity index is 1.91. The van der Waals surface area contributed by atoms with E-state index in [4.69, 9.17) is 4.74 Å². The van der Waals surface area contributed by atoms with Crippen molar-refractivity contribution in [3.05, 3.63) is 53.6 Å². The fourth-order valence-electron chi connectivity index (χ4n) is 3.13. The third kappa shape index (κ3) is 4.30. The average Bonchev–Trinajstić information content (AvgIpc) is 3.52. The molecule has 0 heterocycles. The first-order chi connectivity index (χ1) is 13.2. The van der Waals surface area contributed by atoms with Crippen molar-refractivity contribution < 1.29 is 17.9 Å². The van der Waals surface area contributed by atoms with E-state index >= 15 is 0 Å². The molecular formula is C21H26N2O4S. The molecule has 2 aromatic rings. The van der Waals surface area contributed by atoms with E-state index in [0.29, 0.717) is 17.2 Å². The standard InChI is InChI=1S/C21H26N2O4S/c1-14-5-10-18(11-6-14)22-28(25,26)20-13-17(9-12-19(20)27-4)21(24)23(3)15(2)16-7-8-16/h5-6,9-13,15-16,22H,7-8H2,1-4H3/t15-/m0/s1. The molecule has 0 spiro atoms. The zero-order chi connectivity index (χ0) is 20.5. The first-order valence-corrected chi connectivity index (χ1v) is 10.8. The van der Waals surface area contributed by atoms with Crippen molar-refractivity contribution in [2.45, 2.75) is 37.6 Å². The predicted molar refractivity (Wildman–Crippen MR) is 109 cm³/mol. The average molecular weight is 403 g/mol. The van der Waals surface area contributed by atoms with E-state index in [1.165, 1.54) is 19.2 Å². The highest BCUT2D eigenvalue weighted by molar-refractivity contribution is 7.92. The van der Waals surface area contributed by atoms with E-state index in [1.807, 2.05) is 26.0 Å². The number of hydrogen-bond acceptors (Lipinski definition) is 4. The van der Waals surface area contributed by atoms with Gasteiger partial charge in [-0.15, -0.1) is 0 Å². The van der Waals surface area contributed by atoms with Gasteiger partial charge in [0.2, 0.25) is 0 Å². The van der Waals surface area contributed by atoms with Crippen molar-refractivity contribution in [1.29, 1.82) is 0 Å². The number of nitrogens with one attached hydrogen (secondary N) is 1. The Kier molecular flexibility index (Phi) is 5.65. The van der Waals surface area contributed by atoms with Crippen LogP contribution < -0.4 is 9.46 Å². The quantitative estimate of drug-likeness (QED) is 0.767. The van der Waals surface area contributed by atoms with Gasteiger partial charge in [0.1, 0.15) is 10.6 Å². The molecule has 0 bridgehead atoms. The van der Waals surface area contributed by atoms with Gasteiger partial charge in [0, 0.05) is 24.3 Å². The van der Waals surface area contributed by atoms with E-state index in [9.17, 15) is 13.2 Å². The second-order valence-electron chi connectivity index (χ2n) is 7.33. The molecule has 1 aliphatic rings. The number of sulfonamides is 1. The first-order valence-electron chi connectivity index (χ1n) is 9.27. The van der Waals surface area contributed by atoms with Gasteiger partial charge in [-0.25, -0.2) is 8.42 Å². The van der Waals surface area contributed by atoms with Gasteiger partial charge in [0.05, 0.1) is 7.11 Å². The summed E-state index contributed by atoms with van der Waals surface area (Å²) in [5.74, 6) is 0.515. The Bertz CT molecular complexity index is 966. The number of methoxy groups -OCH3 is 1. The molecule has 3 rings (SSSR count). The molecule has 0 saturated heterocycles. The lowest BCUT2D eigenvalue weighted by Gasteiger charge is -2.25. The number of anilines is 1. The SMILES string of the molecule is COc1ccc(C(=O)N(C)[C@@H](C)C2CC2)cc1S(=O)(=O)Nc1ccc(C)cc1. The summed E-state index contributed by atoms with van der Waals surface area (Å²) in [6.07, 6.45) is 2.25. The molecular weight excluding hydrogens is 376 g/mol. The second kappa shape index (κ2) is 7.83. The lowest BCUT2D eigenvalue weighted by Crippen LogP contribution is -2.36. The summed E-state index contributed by atoms with van der Waals surface area (Å²) in [4.78, 5) is 14.5. The van der Waals surface area contributed by atoms with Crippen LogP contribution in [0.1, 0.15) is 35.7 Å². The Morgan fingerprint density at radius 1 is 1.18 bits per heavy atom. The monoisotopic (exact) mass is 402 g/mol. The lowest BCUT2D eigenvalue weighted by molar-refractivity contribution is 0.0727. The zero-order valence-electron chi connectivity index (χ0n) is 16.6. The molecule has 0 aromatic heterocycles. The Labute approximate surface area is 166 Å². The summed E-state index contributed by atoms with van der Waals surface area (Å²) in [5.41, 5.74) is 1.80. The van der Waals surface area contributed by atoms with Crippen molar-refractivity contribution in [1.82, 2.24) is 4.90 Å². The Morgan fingerprint density at radius 2 is 1.82 bits per heavy atom. The molecule has 0 unspecified atom stereocenters. The molecule has 7 heteroatoms. The molecule has 150 valence electrons. The number of nitrogens with zero attached hydrogens (tertiary/aromatic N) is 1. The van der Waals surface area contributed by atoms with Gasteiger partial charge < -0.3 is 9.64 Å². The molecule has 1 fully saturated rings. The number of hydrogen-bond donors (Lipinski definition) is 1. The third-order valence-corrected chi connectivity index (χ3v) is 6.64. The number of amides is 1. The van der Waals surface area contributed by atoms with Gasteiger partial charge in [-0.1, -0.05) is 17.7 Å². The number of ether oxygens (including phenoxy) is 1. The summed E-state index contributed by atoms with van der Waals surface area (Å²) < 4.78 is 33.7. The van der Waals surface area contributed by atoms with Crippen molar-refractivity contribution in [3.63, 3.8) is 0 Å². The summed E-state index contributed by atoms with van der Waals surface area (Å²) >= 11 is 0. The van der Waals surface area contributed by atoms with E-state index in [1.54, 1.807) is 30.1 Å². The van der Waals surface area contributed by atoms with Crippen molar-refractivity contribution in [3.8, 4) is 5.75 Å². The highest BCUT2D eigenvalue weighted by Crippen LogP contribution is 2.35. The third-order valence-electron chi connectivity index (χ3n) is 5.24. The van der Waals surface area contributed by atoms with Gasteiger partial charge in [-0.2, -0.15) is 0 Å². The summed E-state index contributed by atoms with van der Waals surface area (Å²) in [7, 11) is -0.757. The van der Waals surface area contributed by atoms with Crippen LogP contribution in [0.3, 0.4) is 0 Å². The molecule has 1 saturated carbocycles. The van der Waals surface area contributed by atoms with E-state index in [-0.39, 0.29) is 22.6 Å². The maximum Gasteiger partial charge on any atom is 0.265 e. The maximum atomic E-state index is 12.9. The fourth-order valence-corrected chi connectivity index (χ4v) is 4.39. The Morgan fingerprint density at radius 3 is 2.39 bits per heavy atom. The highest BCUT2D eigenvalue weighted by Gasteiger charge is 2.33. The molecule has 28 heavy (non-hydrogen) atoms. The van der Waals surface area contributed by atoms with Crippen molar-refractivity contribution in [2.24, 2.45) is 5.92 Å². The Hall–Kier alpha value is -2.54. The number of benzene rings is 2. The van der Waals surface area contributed by atoms with Crippen LogP contribution in [0.15, 0.2) is 47.4 Å². The molecule has 0 aliphatic heterocycles. The van der Waals surface area contributed by atoms with Gasteiger partial charge in [-0.05, 0) is 62.9 Å². The minimum Gasteiger partial charge on any atom is -0.495 e. The molecule has 1 N–H and O–H groups in total. The molecule has 1 aliphatic carbocycles. The number of carbonyl (C=O) groups is 1. The van der Waals surface area contributed by atoms with Crippen LogP contribution in [0.4, 0.5) is 5.69 Å². The molecule has 2 aromatic carbocycles. The summed E-state index contributed by atoms with van der Waals surface area (Å²) in [6, 6.07) is 11.7. The number of rotatable bonds is 7. The fraction of sp³-hybridized carbons (Fsp3) is 0.381. The molecule has 1 atom stereocenters. The minimum absolute atomic E-state index is 0.0612. The van der Waals surface area contributed by atoms with Gasteiger partial charge in [0.25, 0.3) is 15.9 Å². The van der Waals surface area contributed by atoms with E-state index < -0.39 is 10.0 Å². The van der Waals surface area contributed by atoms with Crippen LogP contribution in [-0.2, 0) is 10.0 Å². The maximum absolute atomic E-state index is 12.9. The van der Waals surface area contributed by atoms with Crippen LogP contribution in [0.5, 0.6) is 5.75 Å². The van der Waals surface area contributed by atoms with Crippen LogP contribution in [0.2, 0.25) is 0 Å². The lowest BCUT2D eigenvalue weighted by atomic mass is 10.1. The number of carbonyl (C=O) groups excluding carboxylic acids is 1. The molecule has 6 nitrogen and oxygen atoms in total. The number of aryl methyl sites for hydroxylation is 1. The van der Waals surface area contributed by atoms with Crippen molar-refractivity contribution >= 4 is 21.6 Å². The normalized spacial score (nSPS) is 15.0. The van der Waals surface area contributed by atoms with Gasteiger partial charge >= 0.3 is 0 Å². The van der Waals surface area contributed by atoms with Crippen LogP contribution >= 0.6 is 0 Å². The van der Waals surface area contributed by atoms with Gasteiger partial charge in [0.15, 0.2) is 0 Å². The van der Waals surface area contributed by atoms with Crippen LogP contribution in [0.25, 0.3) is 0 Å². The largest absolute Gasteiger partial charge is 0.495 e. The first kappa shape index (κ1) is 20.2. The van der Waals surface area contributed by atoms with E-state index in [2.05, 4.69) is 4.72 Å². The van der Waals surface area contributed by atoms with Crippen LogP contribution in [0, 0.1) is 12.8 Å². The minimum atomic E-state index is -3.92. The predicted octanol–water partition coefficient (Wildman–Crippen LogP) is 3.67. The van der Waals surface area contributed by atoms with Crippen molar-refractivity contribution in [2.75, 3.05) is 18.9 Å². The topological polar surface area (TPSA) is 75.7 Å². The molecule has 0 radical (unpaired) electrons.